The second-order valence-corrected chi connectivity index (χ2v) is 8.74. The Balaban J connectivity index is 2.05. The van der Waals surface area contributed by atoms with Gasteiger partial charge in [-0.1, -0.05) is 11.6 Å². The molecule has 0 N–H and O–H groups in total. The molecule has 20 heavy (non-hydrogen) atoms. The third kappa shape index (κ3) is 3.15. The zero-order valence-electron chi connectivity index (χ0n) is 11.5. The van der Waals surface area contributed by atoms with E-state index in [1.807, 2.05) is 0 Å². The lowest BCUT2D eigenvalue weighted by Gasteiger charge is -2.22. The van der Waals surface area contributed by atoms with E-state index < -0.39 is 14.6 Å². The Morgan fingerprint density at radius 1 is 1.45 bits per heavy atom. The standard InChI is InChI=1S/C12H18ClN3O3S/c1-12(2)3-4-15(5-6-20(12,18)19)11(17)9-16-8-10(13)7-14-16/h7-8H,3-6,9H2,1-2H3. The molecule has 0 aromatic carbocycles. The van der Waals surface area contributed by atoms with Crippen LogP contribution in [-0.4, -0.2) is 52.6 Å². The second kappa shape index (κ2) is 5.37. The van der Waals surface area contributed by atoms with E-state index in [-0.39, 0.29) is 24.7 Å². The van der Waals surface area contributed by atoms with Gasteiger partial charge in [0, 0.05) is 19.3 Å². The van der Waals surface area contributed by atoms with Gasteiger partial charge in [-0.15, -0.1) is 0 Å². The van der Waals surface area contributed by atoms with Crippen molar-refractivity contribution in [3.05, 3.63) is 17.4 Å². The first-order valence-corrected chi connectivity index (χ1v) is 8.42. The maximum absolute atomic E-state index is 12.2. The van der Waals surface area contributed by atoms with Crippen molar-refractivity contribution < 1.29 is 13.2 Å². The maximum atomic E-state index is 12.2. The Kier molecular flexibility index (Phi) is 4.11. The number of hydrogen-bond donors (Lipinski definition) is 0. The maximum Gasteiger partial charge on any atom is 0.244 e. The molecule has 1 aromatic rings. The van der Waals surface area contributed by atoms with E-state index in [1.165, 1.54) is 10.9 Å². The van der Waals surface area contributed by atoms with Crippen LogP contribution in [0.3, 0.4) is 0 Å². The summed E-state index contributed by atoms with van der Waals surface area (Å²) in [5.41, 5.74) is 0. The van der Waals surface area contributed by atoms with E-state index in [0.717, 1.165) is 0 Å². The molecular weight excluding hydrogens is 302 g/mol. The molecule has 1 aliphatic rings. The molecular formula is C12H18ClN3O3S. The molecule has 0 bridgehead atoms. The molecule has 0 aliphatic carbocycles. The zero-order chi connectivity index (χ0) is 15.0. The lowest BCUT2D eigenvalue weighted by molar-refractivity contribution is -0.131. The zero-order valence-corrected chi connectivity index (χ0v) is 13.1. The molecule has 0 unspecified atom stereocenters. The number of amides is 1. The van der Waals surface area contributed by atoms with Crippen molar-refractivity contribution in [2.45, 2.75) is 31.6 Å². The van der Waals surface area contributed by atoms with Crippen LogP contribution in [0.5, 0.6) is 0 Å². The number of aromatic nitrogens is 2. The third-order valence-corrected chi connectivity index (χ3v) is 6.51. The normalized spacial score (nSPS) is 21.4. The smallest absolute Gasteiger partial charge is 0.244 e. The van der Waals surface area contributed by atoms with Crippen molar-refractivity contribution >= 4 is 27.3 Å². The first-order chi connectivity index (χ1) is 9.21. The van der Waals surface area contributed by atoms with E-state index in [0.29, 0.717) is 18.0 Å². The predicted octanol–water partition coefficient (Wildman–Crippen LogP) is 0.962. The molecule has 0 atom stereocenters. The Bertz CT molecular complexity index is 609. The van der Waals surface area contributed by atoms with Gasteiger partial charge < -0.3 is 4.90 Å². The first kappa shape index (κ1) is 15.3. The van der Waals surface area contributed by atoms with Gasteiger partial charge >= 0.3 is 0 Å². The first-order valence-electron chi connectivity index (χ1n) is 6.39. The summed E-state index contributed by atoms with van der Waals surface area (Å²) in [6.07, 6.45) is 3.48. The summed E-state index contributed by atoms with van der Waals surface area (Å²) >= 11 is 5.74. The van der Waals surface area contributed by atoms with Crippen molar-refractivity contribution in [3.63, 3.8) is 0 Å². The summed E-state index contributed by atoms with van der Waals surface area (Å²) in [7, 11) is -3.17. The highest BCUT2D eigenvalue weighted by Crippen LogP contribution is 2.25. The van der Waals surface area contributed by atoms with Gasteiger partial charge in [0.1, 0.15) is 6.54 Å². The van der Waals surface area contributed by atoms with Crippen LogP contribution in [0, 0.1) is 0 Å². The van der Waals surface area contributed by atoms with Crippen LogP contribution in [0.15, 0.2) is 12.4 Å². The number of carbonyl (C=O) groups excluding carboxylic acids is 1. The summed E-state index contributed by atoms with van der Waals surface area (Å²) in [5.74, 6) is -0.135. The van der Waals surface area contributed by atoms with Crippen LogP contribution >= 0.6 is 11.6 Å². The van der Waals surface area contributed by atoms with Crippen molar-refractivity contribution in [1.29, 1.82) is 0 Å². The van der Waals surface area contributed by atoms with E-state index in [2.05, 4.69) is 5.10 Å². The summed E-state index contributed by atoms with van der Waals surface area (Å²) in [6, 6.07) is 0. The van der Waals surface area contributed by atoms with Crippen LogP contribution in [0.25, 0.3) is 0 Å². The molecule has 1 aliphatic heterocycles. The molecule has 6 nitrogen and oxygen atoms in total. The largest absolute Gasteiger partial charge is 0.340 e. The van der Waals surface area contributed by atoms with Gasteiger partial charge in [-0.05, 0) is 20.3 Å². The van der Waals surface area contributed by atoms with Crippen LogP contribution in [0.1, 0.15) is 20.3 Å². The minimum Gasteiger partial charge on any atom is -0.340 e. The third-order valence-electron chi connectivity index (χ3n) is 3.71. The summed E-state index contributed by atoms with van der Waals surface area (Å²) < 4.78 is 24.8. The molecule has 1 aromatic heterocycles. The van der Waals surface area contributed by atoms with Gasteiger partial charge in [0.2, 0.25) is 5.91 Å². The minimum atomic E-state index is -3.17. The molecule has 0 spiro atoms. The molecule has 1 saturated heterocycles. The van der Waals surface area contributed by atoms with Crippen molar-refractivity contribution in [3.8, 4) is 0 Å². The van der Waals surface area contributed by atoms with Crippen molar-refractivity contribution in [1.82, 2.24) is 14.7 Å². The van der Waals surface area contributed by atoms with Crippen LogP contribution in [0.4, 0.5) is 0 Å². The fourth-order valence-electron chi connectivity index (χ4n) is 2.09. The van der Waals surface area contributed by atoms with Gasteiger partial charge in [0.05, 0.1) is 21.7 Å². The van der Waals surface area contributed by atoms with Crippen LogP contribution in [0.2, 0.25) is 5.02 Å². The number of halogens is 1. The Labute approximate surface area is 123 Å². The van der Waals surface area contributed by atoms with E-state index in [4.69, 9.17) is 11.6 Å². The molecule has 2 heterocycles. The molecule has 1 fully saturated rings. The topological polar surface area (TPSA) is 72.3 Å². The second-order valence-electron chi connectivity index (χ2n) is 5.57. The molecule has 112 valence electrons. The average molecular weight is 320 g/mol. The fourth-order valence-corrected chi connectivity index (χ4v) is 3.66. The quantitative estimate of drug-likeness (QED) is 0.814. The van der Waals surface area contributed by atoms with Crippen LogP contribution in [-0.2, 0) is 21.2 Å². The van der Waals surface area contributed by atoms with Crippen molar-refractivity contribution in [2.24, 2.45) is 0 Å². The van der Waals surface area contributed by atoms with Gasteiger partial charge in [-0.2, -0.15) is 5.10 Å². The van der Waals surface area contributed by atoms with E-state index >= 15 is 0 Å². The lowest BCUT2D eigenvalue weighted by atomic mass is 10.1. The van der Waals surface area contributed by atoms with Crippen LogP contribution < -0.4 is 0 Å². The Morgan fingerprint density at radius 2 is 2.15 bits per heavy atom. The SMILES string of the molecule is CC1(C)CCN(C(=O)Cn2cc(Cl)cn2)CCS1(=O)=O. The molecule has 2 rings (SSSR count). The summed E-state index contributed by atoms with van der Waals surface area (Å²) in [4.78, 5) is 13.8. The Hall–Kier alpha value is -1.08. The Morgan fingerprint density at radius 3 is 2.75 bits per heavy atom. The minimum absolute atomic E-state index is 0.00556. The van der Waals surface area contributed by atoms with E-state index in [9.17, 15) is 13.2 Å². The van der Waals surface area contributed by atoms with Gasteiger partial charge in [0.25, 0.3) is 0 Å². The van der Waals surface area contributed by atoms with Gasteiger partial charge in [-0.3, -0.25) is 9.48 Å². The highest BCUT2D eigenvalue weighted by Gasteiger charge is 2.37. The lowest BCUT2D eigenvalue weighted by Crippen LogP contribution is -2.36. The van der Waals surface area contributed by atoms with Gasteiger partial charge in [0.15, 0.2) is 9.84 Å². The summed E-state index contributed by atoms with van der Waals surface area (Å²) in [5, 5.41) is 4.42. The number of sulfone groups is 1. The molecule has 0 saturated carbocycles. The monoisotopic (exact) mass is 319 g/mol. The van der Waals surface area contributed by atoms with Crippen molar-refractivity contribution in [2.75, 3.05) is 18.8 Å². The predicted molar refractivity (Wildman–Crippen MR) is 76.3 cm³/mol. The fraction of sp³-hybridized carbons (Fsp3) is 0.667. The summed E-state index contributed by atoms with van der Waals surface area (Å²) in [6.45, 7) is 4.18. The molecule has 8 heteroatoms. The highest BCUT2D eigenvalue weighted by molar-refractivity contribution is 7.92. The highest BCUT2D eigenvalue weighted by atomic mass is 35.5. The number of hydrogen-bond acceptors (Lipinski definition) is 4. The number of rotatable bonds is 2. The molecule has 0 radical (unpaired) electrons. The van der Waals surface area contributed by atoms with Gasteiger partial charge in [-0.25, -0.2) is 8.42 Å². The van der Waals surface area contributed by atoms with E-state index in [1.54, 1.807) is 24.9 Å². The number of carbonyl (C=O) groups is 1. The molecule has 1 amide bonds. The average Bonchev–Trinajstić information content (AvgIpc) is 2.69. The number of nitrogens with zero attached hydrogens (tertiary/aromatic N) is 3.